The van der Waals surface area contributed by atoms with E-state index in [1.165, 1.54) is 0 Å². The average Bonchev–Trinajstić information content (AvgIpc) is 2.18. The molecule has 3 heteroatoms. The second-order valence-electron chi connectivity index (χ2n) is 4.12. The predicted octanol–water partition coefficient (Wildman–Crippen LogP) is 2.27. The monoisotopic (exact) mass is 195 g/mol. The fourth-order valence-electron chi connectivity index (χ4n) is 2.15. The Labute approximate surface area is 85.1 Å². The summed E-state index contributed by atoms with van der Waals surface area (Å²) in [6, 6.07) is 2.16. The van der Waals surface area contributed by atoms with Crippen molar-refractivity contribution in [3.8, 4) is 6.07 Å². The highest BCUT2D eigenvalue weighted by Crippen LogP contribution is 2.39. The van der Waals surface area contributed by atoms with Gasteiger partial charge < -0.3 is 4.74 Å². The summed E-state index contributed by atoms with van der Waals surface area (Å²) >= 11 is 0. The van der Waals surface area contributed by atoms with E-state index in [-0.39, 0.29) is 5.97 Å². The van der Waals surface area contributed by atoms with Gasteiger partial charge in [0.25, 0.3) is 0 Å². The lowest BCUT2D eigenvalue weighted by Crippen LogP contribution is -2.36. The van der Waals surface area contributed by atoms with E-state index in [0.717, 1.165) is 12.8 Å². The maximum absolute atomic E-state index is 11.7. The summed E-state index contributed by atoms with van der Waals surface area (Å²) in [7, 11) is 0. The second kappa shape index (κ2) is 4.45. The Morgan fingerprint density at radius 1 is 1.71 bits per heavy atom. The van der Waals surface area contributed by atoms with E-state index in [1.807, 2.05) is 0 Å². The summed E-state index contributed by atoms with van der Waals surface area (Å²) in [4.78, 5) is 11.7. The minimum absolute atomic E-state index is 0.325. The molecule has 78 valence electrons. The number of nitriles is 1. The van der Waals surface area contributed by atoms with Gasteiger partial charge in [-0.25, -0.2) is 0 Å². The smallest absolute Gasteiger partial charge is 0.326 e. The molecule has 1 aliphatic carbocycles. The molecule has 1 fully saturated rings. The summed E-state index contributed by atoms with van der Waals surface area (Å²) in [5, 5.41) is 9.11. The zero-order chi connectivity index (χ0) is 10.6. The summed E-state index contributed by atoms with van der Waals surface area (Å²) in [6.07, 6.45) is 3.38. The van der Waals surface area contributed by atoms with Crippen LogP contribution >= 0.6 is 0 Å². The third kappa shape index (κ3) is 2.06. The Hall–Kier alpha value is -1.04. The number of nitrogens with zero attached hydrogens (tertiary/aromatic N) is 1. The van der Waals surface area contributed by atoms with Crippen molar-refractivity contribution in [1.29, 1.82) is 5.26 Å². The molecule has 1 rings (SSSR count). The Morgan fingerprint density at radius 2 is 2.43 bits per heavy atom. The fraction of sp³-hybridized carbons (Fsp3) is 0.818. The van der Waals surface area contributed by atoms with Crippen LogP contribution in [0, 0.1) is 22.7 Å². The van der Waals surface area contributed by atoms with Crippen LogP contribution in [0.25, 0.3) is 0 Å². The molecule has 0 N–H and O–H groups in total. The molecule has 2 atom stereocenters. The van der Waals surface area contributed by atoms with Gasteiger partial charge in [0, 0.05) is 0 Å². The molecule has 1 saturated carbocycles. The molecule has 0 heterocycles. The molecular weight excluding hydrogens is 178 g/mol. The van der Waals surface area contributed by atoms with Crippen LogP contribution in [0.5, 0.6) is 0 Å². The quantitative estimate of drug-likeness (QED) is 0.635. The number of hydrogen-bond acceptors (Lipinski definition) is 3. The van der Waals surface area contributed by atoms with Gasteiger partial charge in [-0.3, -0.25) is 4.79 Å². The maximum atomic E-state index is 11.7. The lowest BCUT2D eigenvalue weighted by molar-refractivity contribution is -0.154. The lowest BCUT2D eigenvalue weighted by Gasteiger charge is -2.31. The van der Waals surface area contributed by atoms with Crippen molar-refractivity contribution in [2.45, 2.75) is 39.5 Å². The van der Waals surface area contributed by atoms with Crippen molar-refractivity contribution < 1.29 is 9.53 Å². The van der Waals surface area contributed by atoms with E-state index >= 15 is 0 Å². The first-order valence-corrected chi connectivity index (χ1v) is 5.23. The van der Waals surface area contributed by atoms with Gasteiger partial charge in [0.1, 0.15) is 0 Å². The number of ether oxygens (including phenoxy) is 1. The van der Waals surface area contributed by atoms with Crippen LogP contribution in [-0.2, 0) is 9.53 Å². The molecule has 0 aromatic rings. The van der Waals surface area contributed by atoms with E-state index < -0.39 is 5.41 Å². The van der Waals surface area contributed by atoms with E-state index in [4.69, 9.17) is 10.00 Å². The average molecular weight is 195 g/mol. The number of esters is 1. The first-order chi connectivity index (χ1) is 6.64. The van der Waals surface area contributed by atoms with Crippen LogP contribution in [0.4, 0.5) is 0 Å². The van der Waals surface area contributed by atoms with Gasteiger partial charge in [0.15, 0.2) is 5.41 Å². The maximum Gasteiger partial charge on any atom is 0.326 e. The molecule has 0 aliphatic heterocycles. The lowest BCUT2D eigenvalue weighted by atomic mass is 9.71. The highest BCUT2D eigenvalue weighted by atomic mass is 16.5. The van der Waals surface area contributed by atoms with Gasteiger partial charge in [-0.05, 0) is 25.7 Å². The molecule has 2 unspecified atom stereocenters. The fourth-order valence-corrected chi connectivity index (χ4v) is 2.15. The Bertz CT molecular complexity index is 257. The molecule has 14 heavy (non-hydrogen) atoms. The second-order valence-corrected chi connectivity index (χ2v) is 4.12. The topological polar surface area (TPSA) is 50.1 Å². The van der Waals surface area contributed by atoms with E-state index in [9.17, 15) is 4.79 Å². The summed E-state index contributed by atoms with van der Waals surface area (Å²) < 4.78 is 4.96. The third-order valence-electron chi connectivity index (χ3n) is 2.88. The number of rotatable bonds is 2. The largest absolute Gasteiger partial charge is 0.465 e. The molecule has 0 saturated heterocycles. The Kier molecular flexibility index (Phi) is 3.51. The van der Waals surface area contributed by atoms with Crippen molar-refractivity contribution >= 4 is 5.97 Å². The Balaban J connectivity index is 2.75. The molecule has 0 amide bonds. The summed E-state index contributed by atoms with van der Waals surface area (Å²) in [5.41, 5.74) is -0.853. The van der Waals surface area contributed by atoms with E-state index in [0.29, 0.717) is 25.4 Å². The van der Waals surface area contributed by atoms with Crippen molar-refractivity contribution in [2.75, 3.05) is 6.61 Å². The Morgan fingerprint density at radius 3 is 2.93 bits per heavy atom. The molecule has 0 aromatic carbocycles. The van der Waals surface area contributed by atoms with Gasteiger partial charge in [-0.15, -0.1) is 0 Å². The van der Waals surface area contributed by atoms with Crippen molar-refractivity contribution in [2.24, 2.45) is 11.3 Å². The van der Waals surface area contributed by atoms with Crippen molar-refractivity contribution in [3.63, 3.8) is 0 Å². The molecule has 1 aliphatic rings. The minimum Gasteiger partial charge on any atom is -0.465 e. The highest BCUT2D eigenvalue weighted by Gasteiger charge is 2.43. The van der Waals surface area contributed by atoms with Crippen LogP contribution in [0.15, 0.2) is 0 Å². The third-order valence-corrected chi connectivity index (χ3v) is 2.88. The van der Waals surface area contributed by atoms with Crippen LogP contribution in [0.1, 0.15) is 39.5 Å². The SMILES string of the molecule is CCOC(=O)C1(C#N)CCCC(C)C1. The van der Waals surface area contributed by atoms with Gasteiger partial charge in [0.05, 0.1) is 12.7 Å². The van der Waals surface area contributed by atoms with Crippen molar-refractivity contribution in [3.05, 3.63) is 0 Å². The van der Waals surface area contributed by atoms with E-state index in [2.05, 4.69) is 13.0 Å². The van der Waals surface area contributed by atoms with Crippen molar-refractivity contribution in [1.82, 2.24) is 0 Å². The number of carbonyl (C=O) groups excluding carboxylic acids is 1. The van der Waals surface area contributed by atoms with Crippen LogP contribution in [0.3, 0.4) is 0 Å². The molecule has 0 radical (unpaired) electrons. The first-order valence-electron chi connectivity index (χ1n) is 5.23. The first kappa shape index (κ1) is 11.0. The minimum atomic E-state index is -0.853. The van der Waals surface area contributed by atoms with Crippen LogP contribution in [-0.4, -0.2) is 12.6 Å². The van der Waals surface area contributed by atoms with E-state index in [1.54, 1.807) is 6.92 Å². The van der Waals surface area contributed by atoms with Crippen LogP contribution < -0.4 is 0 Å². The molecule has 0 aromatic heterocycles. The van der Waals surface area contributed by atoms with Gasteiger partial charge in [0.2, 0.25) is 0 Å². The normalized spacial score (nSPS) is 31.9. The standard InChI is InChI=1S/C11H17NO2/c1-3-14-10(13)11(8-12)6-4-5-9(2)7-11/h9H,3-7H2,1-2H3. The highest BCUT2D eigenvalue weighted by molar-refractivity contribution is 5.80. The van der Waals surface area contributed by atoms with Gasteiger partial charge in [-0.2, -0.15) is 5.26 Å². The molecule has 3 nitrogen and oxygen atoms in total. The van der Waals surface area contributed by atoms with Gasteiger partial charge >= 0.3 is 5.97 Å². The summed E-state index contributed by atoms with van der Waals surface area (Å²) in [5.74, 6) is 0.127. The van der Waals surface area contributed by atoms with Crippen LogP contribution in [0.2, 0.25) is 0 Å². The molecule has 0 spiro atoms. The van der Waals surface area contributed by atoms with Gasteiger partial charge in [-0.1, -0.05) is 19.8 Å². The zero-order valence-electron chi connectivity index (χ0n) is 8.88. The molecular formula is C11H17NO2. The predicted molar refractivity (Wildman–Crippen MR) is 52.3 cm³/mol. The summed E-state index contributed by atoms with van der Waals surface area (Å²) in [6.45, 7) is 4.22. The number of hydrogen-bond donors (Lipinski definition) is 0. The zero-order valence-corrected chi connectivity index (χ0v) is 8.88. The number of carbonyl (C=O) groups is 1. The molecule has 0 bridgehead atoms.